The van der Waals surface area contributed by atoms with Crippen molar-refractivity contribution in [2.75, 3.05) is 25.2 Å². The van der Waals surface area contributed by atoms with Gasteiger partial charge in [-0.3, -0.25) is 4.79 Å². The number of carbonyl (C=O) groups excluding carboxylic acids is 1. The van der Waals surface area contributed by atoms with E-state index in [1.165, 1.54) is 7.11 Å². The Morgan fingerprint density at radius 2 is 2.18 bits per heavy atom. The summed E-state index contributed by atoms with van der Waals surface area (Å²) < 4.78 is 10.5. The van der Waals surface area contributed by atoms with E-state index in [0.717, 1.165) is 5.75 Å². The molecule has 2 aliphatic heterocycles. The molecule has 2 unspecified atom stereocenters. The molecular weight excluding hydrogens is 240 g/mol. The Balaban J connectivity index is 2.31. The highest BCUT2D eigenvalue weighted by Gasteiger charge is 2.62. The molecule has 2 atom stereocenters. The molecular formula is C12H20O4S. The van der Waals surface area contributed by atoms with Crippen LogP contribution < -0.4 is 0 Å². The predicted octanol–water partition coefficient (Wildman–Crippen LogP) is 1.21. The molecule has 1 N–H and O–H groups in total. The number of carbonyl (C=O) groups is 1. The third kappa shape index (κ3) is 1.98. The van der Waals surface area contributed by atoms with Crippen LogP contribution in [0.5, 0.6) is 0 Å². The van der Waals surface area contributed by atoms with Crippen LogP contribution in [-0.2, 0) is 14.3 Å². The summed E-state index contributed by atoms with van der Waals surface area (Å²) in [6.07, 6.45) is 1.15. The number of hydrogen-bond acceptors (Lipinski definition) is 5. The zero-order valence-corrected chi connectivity index (χ0v) is 11.4. The summed E-state index contributed by atoms with van der Waals surface area (Å²) in [7, 11) is 1.39. The van der Waals surface area contributed by atoms with Gasteiger partial charge in [-0.1, -0.05) is 0 Å². The first-order valence-corrected chi connectivity index (χ1v) is 7.03. The second-order valence-electron chi connectivity index (χ2n) is 5.63. The molecule has 5 heteroatoms. The SMILES string of the molecule is COC(=O)C1(C2(O)COC(C)(C)C2)CCSC1. The van der Waals surface area contributed by atoms with Crippen LogP contribution in [0.3, 0.4) is 0 Å². The highest BCUT2D eigenvalue weighted by atomic mass is 32.2. The lowest BCUT2D eigenvalue weighted by Gasteiger charge is -2.39. The van der Waals surface area contributed by atoms with Crippen LogP contribution in [0.25, 0.3) is 0 Å². The van der Waals surface area contributed by atoms with Gasteiger partial charge in [0, 0.05) is 12.2 Å². The summed E-state index contributed by atoms with van der Waals surface area (Å²) in [5, 5.41) is 10.8. The van der Waals surface area contributed by atoms with E-state index in [9.17, 15) is 9.90 Å². The fraction of sp³-hybridized carbons (Fsp3) is 0.917. The number of methoxy groups -OCH3 is 1. The van der Waals surface area contributed by atoms with Crippen LogP contribution in [0.2, 0.25) is 0 Å². The van der Waals surface area contributed by atoms with Gasteiger partial charge in [-0.2, -0.15) is 11.8 Å². The van der Waals surface area contributed by atoms with Gasteiger partial charge >= 0.3 is 5.97 Å². The highest BCUT2D eigenvalue weighted by molar-refractivity contribution is 7.99. The van der Waals surface area contributed by atoms with Gasteiger partial charge in [0.25, 0.3) is 0 Å². The molecule has 0 aliphatic carbocycles. The van der Waals surface area contributed by atoms with Crippen molar-refractivity contribution in [3.63, 3.8) is 0 Å². The van der Waals surface area contributed by atoms with Crippen molar-refractivity contribution in [2.24, 2.45) is 5.41 Å². The Bertz CT molecular complexity index is 322. The number of rotatable bonds is 2. The molecule has 0 bridgehead atoms. The minimum Gasteiger partial charge on any atom is -0.468 e. The molecule has 2 aliphatic rings. The molecule has 2 heterocycles. The molecule has 2 saturated heterocycles. The first kappa shape index (κ1) is 13.2. The van der Waals surface area contributed by atoms with E-state index in [4.69, 9.17) is 9.47 Å². The molecule has 0 aromatic rings. The Morgan fingerprint density at radius 1 is 1.47 bits per heavy atom. The molecule has 0 aromatic carbocycles. The first-order chi connectivity index (χ1) is 7.85. The van der Waals surface area contributed by atoms with Crippen molar-refractivity contribution in [1.82, 2.24) is 0 Å². The van der Waals surface area contributed by atoms with Crippen molar-refractivity contribution in [3.8, 4) is 0 Å². The van der Waals surface area contributed by atoms with Crippen LogP contribution in [0.1, 0.15) is 26.7 Å². The predicted molar refractivity (Wildman–Crippen MR) is 66.0 cm³/mol. The summed E-state index contributed by atoms with van der Waals surface area (Å²) >= 11 is 1.69. The lowest BCUT2D eigenvalue weighted by molar-refractivity contribution is -0.169. The second-order valence-corrected chi connectivity index (χ2v) is 6.74. The van der Waals surface area contributed by atoms with Gasteiger partial charge in [-0.25, -0.2) is 0 Å². The smallest absolute Gasteiger partial charge is 0.315 e. The van der Waals surface area contributed by atoms with Crippen molar-refractivity contribution in [3.05, 3.63) is 0 Å². The molecule has 0 aromatic heterocycles. The number of hydrogen-bond donors (Lipinski definition) is 1. The molecule has 2 fully saturated rings. The average Bonchev–Trinajstić information content (AvgIpc) is 2.84. The highest BCUT2D eigenvalue weighted by Crippen LogP contribution is 2.51. The van der Waals surface area contributed by atoms with E-state index in [1.807, 2.05) is 13.8 Å². The van der Waals surface area contributed by atoms with Crippen LogP contribution in [-0.4, -0.2) is 47.5 Å². The number of ether oxygens (including phenoxy) is 2. The van der Waals surface area contributed by atoms with Crippen LogP contribution in [0.15, 0.2) is 0 Å². The number of esters is 1. The van der Waals surface area contributed by atoms with Crippen molar-refractivity contribution in [2.45, 2.75) is 37.9 Å². The molecule has 98 valence electrons. The average molecular weight is 260 g/mol. The Hall–Kier alpha value is -0.260. The second kappa shape index (κ2) is 4.14. The van der Waals surface area contributed by atoms with Gasteiger partial charge in [0.15, 0.2) is 0 Å². The van der Waals surface area contributed by atoms with Gasteiger partial charge in [-0.05, 0) is 26.0 Å². The standard InChI is InChI=1S/C12H20O4S/c1-10(2)6-12(14,7-16-10)11(9(13)15-3)4-5-17-8-11/h14H,4-8H2,1-3H3. The van der Waals surface area contributed by atoms with E-state index in [0.29, 0.717) is 18.6 Å². The van der Waals surface area contributed by atoms with Crippen LogP contribution >= 0.6 is 11.8 Å². The van der Waals surface area contributed by atoms with Gasteiger partial charge in [0.2, 0.25) is 0 Å². The normalized spacial score (nSPS) is 40.5. The lowest BCUT2D eigenvalue weighted by Crippen LogP contribution is -2.55. The van der Waals surface area contributed by atoms with Crippen LogP contribution in [0.4, 0.5) is 0 Å². The van der Waals surface area contributed by atoms with E-state index >= 15 is 0 Å². The molecule has 4 nitrogen and oxygen atoms in total. The molecule has 0 amide bonds. The maximum absolute atomic E-state index is 12.1. The largest absolute Gasteiger partial charge is 0.468 e. The van der Waals surface area contributed by atoms with Gasteiger partial charge in [0.05, 0.1) is 19.3 Å². The fourth-order valence-electron chi connectivity index (χ4n) is 2.91. The lowest BCUT2D eigenvalue weighted by atomic mass is 9.69. The Labute approximate surface area is 106 Å². The Morgan fingerprint density at radius 3 is 2.59 bits per heavy atom. The van der Waals surface area contributed by atoms with E-state index in [-0.39, 0.29) is 18.2 Å². The Kier molecular flexibility index (Phi) is 3.21. The van der Waals surface area contributed by atoms with Crippen molar-refractivity contribution in [1.29, 1.82) is 0 Å². The summed E-state index contributed by atoms with van der Waals surface area (Å²) in [6.45, 7) is 4.10. The minimum atomic E-state index is -1.09. The maximum atomic E-state index is 12.1. The molecule has 0 radical (unpaired) electrons. The maximum Gasteiger partial charge on any atom is 0.315 e. The van der Waals surface area contributed by atoms with Gasteiger partial charge < -0.3 is 14.6 Å². The van der Waals surface area contributed by atoms with Crippen molar-refractivity contribution >= 4 is 17.7 Å². The number of aliphatic hydroxyl groups is 1. The van der Waals surface area contributed by atoms with Gasteiger partial charge in [0.1, 0.15) is 11.0 Å². The number of thioether (sulfide) groups is 1. The third-order valence-electron chi connectivity index (χ3n) is 3.91. The summed E-state index contributed by atoms with van der Waals surface area (Å²) in [5.74, 6) is 1.21. The quantitative estimate of drug-likeness (QED) is 0.756. The van der Waals surface area contributed by atoms with E-state index in [1.54, 1.807) is 11.8 Å². The van der Waals surface area contributed by atoms with Gasteiger partial charge in [-0.15, -0.1) is 0 Å². The first-order valence-electron chi connectivity index (χ1n) is 5.88. The topological polar surface area (TPSA) is 55.8 Å². The third-order valence-corrected chi connectivity index (χ3v) is 5.10. The summed E-state index contributed by atoms with van der Waals surface area (Å²) in [6, 6.07) is 0. The molecule has 0 spiro atoms. The fourth-order valence-corrected chi connectivity index (χ4v) is 4.42. The zero-order chi connectivity index (χ0) is 12.7. The minimum absolute atomic E-state index is 0.218. The van der Waals surface area contributed by atoms with E-state index in [2.05, 4.69) is 0 Å². The molecule has 17 heavy (non-hydrogen) atoms. The molecule has 2 rings (SSSR count). The van der Waals surface area contributed by atoms with Crippen molar-refractivity contribution < 1.29 is 19.4 Å². The molecule has 0 saturated carbocycles. The summed E-state index contributed by atoms with van der Waals surface area (Å²) in [4.78, 5) is 12.1. The monoisotopic (exact) mass is 260 g/mol. The van der Waals surface area contributed by atoms with E-state index < -0.39 is 11.0 Å². The van der Waals surface area contributed by atoms with Crippen LogP contribution in [0, 0.1) is 5.41 Å². The summed E-state index contributed by atoms with van der Waals surface area (Å²) in [5.41, 5.74) is -2.25. The zero-order valence-electron chi connectivity index (χ0n) is 10.6.